The number of carbonyl (C=O) groups excluding carboxylic acids is 1. The van der Waals surface area contributed by atoms with Gasteiger partial charge in [0.25, 0.3) is 0 Å². The Hall–Kier alpha value is -2.48. The molecular weight excluding hydrogens is 563 g/mol. The highest BCUT2D eigenvalue weighted by Crippen LogP contribution is 2.59. The van der Waals surface area contributed by atoms with Crippen molar-refractivity contribution in [2.45, 2.75) is 115 Å². The van der Waals surface area contributed by atoms with E-state index >= 15 is 0 Å². The topological polar surface area (TPSA) is 60.8 Å². The molecule has 2 aromatic rings. The molecule has 4 aliphatic rings. The highest BCUT2D eigenvalue weighted by molar-refractivity contribution is 6.10. The number of hydrogen-bond acceptors (Lipinski definition) is 4. The highest BCUT2D eigenvalue weighted by Gasteiger charge is 2.57. The first-order chi connectivity index (χ1) is 20.9. The molecule has 1 saturated carbocycles. The van der Waals surface area contributed by atoms with Crippen molar-refractivity contribution in [2.24, 2.45) is 5.41 Å². The number of likely N-dealkylation sites (tertiary alicyclic amines) is 1. The Bertz CT molecular complexity index is 1350. The van der Waals surface area contributed by atoms with Crippen molar-refractivity contribution in [2.75, 3.05) is 19.6 Å². The molecule has 0 unspecified atom stereocenters. The number of alkyl halides is 3. The van der Waals surface area contributed by atoms with Gasteiger partial charge in [-0.3, -0.25) is 4.79 Å². The Morgan fingerprint density at radius 1 is 1.00 bits per heavy atom. The van der Waals surface area contributed by atoms with Crippen molar-refractivity contribution in [3.63, 3.8) is 0 Å². The summed E-state index contributed by atoms with van der Waals surface area (Å²) in [5, 5.41) is 23.4. The molecule has 1 saturated heterocycles. The van der Waals surface area contributed by atoms with Gasteiger partial charge in [0.15, 0.2) is 5.78 Å². The van der Waals surface area contributed by atoms with Crippen LogP contribution in [0.4, 0.5) is 13.2 Å². The lowest BCUT2D eigenvalue weighted by Gasteiger charge is -2.46. The molecule has 4 atom stereocenters. The van der Waals surface area contributed by atoms with E-state index in [1.165, 1.54) is 37.0 Å². The van der Waals surface area contributed by atoms with Gasteiger partial charge in [-0.25, -0.2) is 0 Å². The number of rotatable bonds is 4. The molecule has 0 amide bonds. The van der Waals surface area contributed by atoms with E-state index in [2.05, 4.69) is 24.8 Å². The molecule has 0 aromatic heterocycles. The van der Waals surface area contributed by atoms with Crippen molar-refractivity contribution in [1.29, 1.82) is 0 Å². The van der Waals surface area contributed by atoms with E-state index in [1.54, 1.807) is 6.07 Å². The van der Waals surface area contributed by atoms with Crippen LogP contribution < -0.4 is 0 Å². The second-order valence-corrected chi connectivity index (χ2v) is 13.9. The maximum absolute atomic E-state index is 14.1. The fraction of sp³-hybridized carbons (Fsp3) is 0.595. The van der Waals surface area contributed by atoms with Gasteiger partial charge in [-0.1, -0.05) is 62.1 Å². The summed E-state index contributed by atoms with van der Waals surface area (Å²) in [5.74, 6) is -0.602. The average Bonchev–Trinajstić information content (AvgIpc) is 3.21. The number of nitrogens with zero attached hydrogens (tertiary/aromatic N) is 1. The van der Waals surface area contributed by atoms with Crippen LogP contribution in [-0.2, 0) is 12.6 Å². The SMILES string of the molecule is CC1=CCC[C@@]2(C)[C@@H](CC[C@@]2(O)CN2CCCCCCC2)c2ccc(cc2C(=O)c2cccc(C(F)(F)F)c2)C[C@@H](O)CC1. The molecule has 2 fully saturated rings. The molecule has 240 valence electrons. The fourth-order valence-electron chi connectivity index (χ4n) is 8.03. The van der Waals surface area contributed by atoms with Crippen LogP contribution in [-0.4, -0.2) is 52.2 Å². The van der Waals surface area contributed by atoms with Gasteiger partial charge in [0.1, 0.15) is 0 Å². The monoisotopic (exact) mass is 611 g/mol. The predicted molar refractivity (Wildman–Crippen MR) is 168 cm³/mol. The van der Waals surface area contributed by atoms with E-state index in [0.29, 0.717) is 37.8 Å². The molecule has 6 rings (SSSR count). The lowest BCUT2D eigenvalue weighted by Crippen LogP contribution is -2.53. The van der Waals surface area contributed by atoms with Crippen molar-refractivity contribution >= 4 is 5.78 Å². The average molecular weight is 612 g/mol. The van der Waals surface area contributed by atoms with Crippen LogP contribution in [0.3, 0.4) is 0 Å². The summed E-state index contributed by atoms with van der Waals surface area (Å²) < 4.78 is 40.8. The lowest BCUT2D eigenvalue weighted by molar-refractivity contribution is -0.137. The summed E-state index contributed by atoms with van der Waals surface area (Å²) in [6.45, 7) is 6.79. The summed E-state index contributed by atoms with van der Waals surface area (Å²) in [5.41, 5.74) is 0.787. The number of halogens is 3. The van der Waals surface area contributed by atoms with Crippen LogP contribution in [0.15, 0.2) is 54.1 Å². The Morgan fingerprint density at radius 2 is 1.73 bits per heavy atom. The number of aliphatic hydroxyl groups excluding tert-OH is 1. The number of allylic oxidation sites excluding steroid dienone is 2. The first-order valence-electron chi connectivity index (χ1n) is 16.5. The van der Waals surface area contributed by atoms with E-state index in [9.17, 15) is 28.2 Å². The first-order valence-corrected chi connectivity index (χ1v) is 16.5. The molecule has 1 aliphatic heterocycles. The lowest BCUT2D eigenvalue weighted by atomic mass is 9.64. The van der Waals surface area contributed by atoms with Gasteiger partial charge in [0.05, 0.1) is 17.3 Å². The molecule has 7 heteroatoms. The van der Waals surface area contributed by atoms with Crippen LogP contribution >= 0.6 is 0 Å². The largest absolute Gasteiger partial charge is 0.416 e. The standard InChI is InChI=1S/C37H48F3NO3/c1-26-10-9-18-35(2)33(17-19-36(35,44)25-41-20-6-4-3-5-7-21-41)31-16-14-27(22-30(42)15-13-26)23-32(31)34(43)28-11-8-12-29(24-28)37(38,39)40/h8,10-12,14,16,23-24,30,33,42,44H,3-7,9,13,15,17-22,25H2,1-2H3/t30-,33-,35-,36+/m0/s1. The predicted octanol–water partition coefficient (Wildman–Crippen LogP) is 8.24. The molecule has 0 spiro atoms. The van der Waals surface area contributed by atoms with Gasteiger partial charge >= 0.3 is 6.18 Å². The minimum absolute atomic E-state index is 0.00552. The highest BCUT2D eigenvalue weighted by atomic mass is 19.4. The molecular formula is C37H48F3NO3. The van der Waals surface area contributed by atoms with Crippen LogP contribution in [0.5, 0.6) is 0 Å². The summed E-state index contributed by atoms with van der Waals surface area (Å²) in [6.07, 6.45) is 7.49. The molecule has 2 bridgehead atoms. The van der Waals surface area contributed by atoms with Crippen molar-refractivity contribution in [1.82, 2.24) is 4.90 Å². The minimum atomic E-state index is -4.56. The van der Waals surface area contributed by atoms with Gasteiger partial charge in [0, 0.05) is 23.1 Å². The summed E-state index contributed by atoms with van der Waals surface area (Å²) in [7, 11) is 0. The van der Waals surface area contributed by atoms with Crippen LogP contribution in [0, 0.1) is 5.41 Å². The number of benzene rings is 2. The summed E-state index contributed by atoms with van der Waals surface area (Å²) in [6, 6.07) is 10.3. The molecule has 4 nitrogen and oxygen atoms in total. The third kappa shape index (κ3) is 7.16. The van der Waals surface area contributed by atoms with Gasteiger partial charge in [-0.2, -0.15) is 13.2 Å². The maximum Gasteiger partial charge on any atom is 0.416 e. The third-order valence-corrected chi connectivity index (χ3v) is 10.8. The first kappa shape index (κ1) is 32.9. The van der Waals surface area contributed by atoms with E-state index in [4.69, 9.17) is 0 Å². The second kappa shape index (κ2) is 13.5. The van der Waals surface area contributed by atoms with E-state index in [1.807, 2.05) is 12.1 Å². The number of carbonyl (C=O) groups is 1. The number of β-amino-alcohol motifs (C(OH)–C–C–N with tert-alkyl or cyclic N) is 1. The Morgan fingerprint density at radius 3 is 2.45 bits per heavy atom. The fourth-order valence-corrected chi connectivity index (χ4v) is 8.03. The molecule has 2 N–H and O–H groups in total. The Balaban J connectivity index is 1.59. The number of aliphatic hydroxyl groups is 2. The maximum atomic E-state index is 14.1. The zero-order valence-corrected chi connectivity index (χ0v) is 26.3. The minimum Gasteiger partial charge on any atom is -0.393 e. The third-order valence-electron chi connectivity index (χ3n) is 10.8. The van der Waals surface area contributed by atoms with Crippen molar-refractivity contribution < 1.29 is 28.2 Å². The molecule has 0 radical (unpaired) electrons. The van der Waals surface area contributed by atoms with Crippen LogP contribution in [0.2, 0.25) is 0 Å². The molecule has 3 aliphatic carbocycles. The van der Waals surface area contributed by atoms with Gasteiger partial charge in [-0.15, -0.1) is 0 Å². The molecule has 2 aromatic carbocycles. The summed E-state index contributed by atoms with van der Waals surface area (Å²) in [4.78, 5) is 16.6. The van der Waals surface area contributed by atoms with Gasteiger partial charge in [0.2, 0.25) is 0 Å². The van der Waals surface area contributed by atoms with E-state index in [0.717, 1.165) is 68.5 Å². The van der Waals surface area contributed by atoms with Crippen LogP contribution in [0.25, 0.3) is 0 Å². The molecule has 1 heterocycles. The molecule has 44 heavy (non-hydrogen) atoms. The van der Waals surface area contributed by atoms with E-state index in [-0.39, 0.29) is 11.5 Å². The van der Waals surface area contributed by atoms with Crippen molar-refractivity contribution in [3.8, 4) is 0 Å². The van der Waals surface area contributed by atoms with E-state index < -0.39 is 34.6 Å². The Kier molecular flexibility index (Phi) is 10.1. The zero-order valence-electron chi connectivity index (χ0n) is 26.3. The number of ketones is 1. The number of fused-ring (bicyclic) bond motifs is 8. The van der Waals surface area contributed by atoms with Gasteiger partial charge < -0.3 is 15.1 Å². The normalized spacial score (nSPS) is 29.3. The second-order valence-electron chi connectivity index (χ2n) is 13.9. The zero-order chi connectivity index (χ0) is 31.5. The summed E-state index contributed by atoms with van der Waals surface area (Å²) >= 11 is 0. The Labute approximate surface area is 260 Å². The van der Waals surface area contributed by atoms with Crippen LogP contribution in [0.1, 0.15) is 123 Å². The van der Waals surface area contributed by atoms with Crippen molar-refractivity contribution in [3.05, 3.63) is 81.9 Å². The smallest absolute Gasteiger partial charge is 0.393 e. The quantitative estimate of drug-likeness (QED) is 0.270. The number of hydrogen-bond donors (Lipinski definition) is 2. The van der Waals surface area contributed by atoms with Gasteiger partial charge in [-0.05, 0) is 113 Å².